The molecular formula is C44H56N8O8S. The lowest BCUT2D eigenvalue weighted by Gasteiger charge is -2.33. The van der Waals surface area contributed by atoms with Crippen molar-refractivity contribution in [2.24, 2.45) is 5.73 Å². The summed E-state index contributed by atoms with van der Waals surface area (Å²) in [4.78, 5) is 90.3. The molecule has 7 atom stereocenters. The number of amides is 6. The number of unbranched alkanes of at least 4 members (excludes halogenated alkanes) is 1. The molecular weight excluding hydrogens is 801 g/mol. The number of likely N-dealkylation sites (N-methyl/N-ethyl adjacent to an activating group) is 1. The van der Waals surface area contributed by atoms with E-state index in [2.05, 4.69) is 44.2 Å². The van der Waals surface area contributed by atoms with Gasteiger partial charge in [0.15, 0.2) is 0 Å². The normalized spacial score (nSPS) is 22.9. The van der Waals surface area contributed by atoms with Crippen LogP contribution in [0, 0.1) is 0 Å². The number of hydrogen-bond acceptors (Lipinski definition) is 10. The molecule has 1 aliphatic heterocycles. The first kappa shape index (κ1) is 46.2. The van der Waals surface area contributed by atoms with Crippen LogP contribution in [-0.4, -0.2) is 117 Å². The predicted molar refractivity (Wildman–Crippen MR) is 233 cm³/mol. The Morgan fingerprint density at radius 3 is 1.93 bits per heavy atom. The van der Waals surface area contributed by atoms with Crippen LogP contribution in [0.2, 0.25) is 0 Å². The molecule has 3 aromatic carbocycles. The van der Waals surface area contributed by atoms with Crippen molar-refractivity contribution < 1.29 is 39.0 Å². The van der Waals surface area contributed by atoms with Crippen LogP contribution in [0.4, 0.5) is 0 Å². The highest BCUT2D eigenvalue weighted by atomic mass is 32.1. The van der Waals surface area contributed by atoms with Gasteiger partial charge in [0.05, 0.1) is 6.10 Å². The average Bonchev–Trinajstić information content (AvgIpc) is 3.66. The topological polar surface area (TPSA) is 248 Å². The molecule has 5 rings (SSSR count). The van der Waals surface area contributed by atoms with E-state index in [9.17, 15) is 39.0 Å². The zero-order valence-corrected chi connectivity index (χ0v) is 35.2. The van der Waals surface area contributed by atoms with E-state index in [-0.39, 0.29) is 43.6 Å². The molecule has 1 saturated heterocycles. The molecule has 1 fully saturated rings. The van der Waals surface area contributed by atoms with Crippen molar-refractivity contribution in [2.45, 2.75) is 94.2 Å². The highest BCUT2D eigenvalue weighted by Gasteiger charge is 2.38. The lowest BCUT2D eigenvalue weighted by molar-refractivity contribution is -0.143. The molecule has 10 N–H and O–H groups in total. The van der Waals surface area contributed by atoms with Crippen LogP contribution in [0.5, 0.6) is 5.75 Å². The predicted octanol–water partition coefficient (Wildman–Crippen LogP) is 0.996. The lowest BCUT2D eigenvalue weighted by atomic mass is 9.99. The third-order valence-electron chi connectivity index (χ3n) is 10.8. The van der Waals surface area contributed by atoms with Gasteiger partial charge in [-0.15, -0.1) is 0 Å². The second kappa shape index (κ2) is 22.1. The summed E-state index contributed by atoms with van der Waals surface area (Å²) in [6.45, 7) is 1.62. The number of H-pyrrole nitrogens is 1. The molecule has 0 spiro atoms. The van der Waals surface area contributed by atoms with Crippen molar-refractivity contribution in [3.05, 3.63) is 102 Å². The molecule has 0 bridgehead atoms. The average molecular weight is 857 g/mol. The number of phenolic OH excluding ortho intramolecular Hbond substituents is 1. The molecule has 326 valence electrons. The molecule has 1 aromatic heterocycles. The van der Waals surface area contributed by atoms with E-state index in [0.717, 1.165) is 10.9 Å². The lowest BCUT2D eigenvalue weighted by Crippen LogP contribution is -2.63. The van der Waals surface area contributed by atoms with Crippen LogP contribution in [-0.2, 0) is 48.0 Å². The number of aromatic hydroxyl groups is 1. The highest BCUT2D eigenvalue weighted by Crippen LogP contribution is 2.21. The molecule has 1 aliphatic rings. The van der Waals surface area contributed by atoms with Gasteiger partial charge >= 0.3 is 0 Å². The second-order valence-electron chi connectivity index (χ2n) is 15.4. The number of rotatable bonds is 13. The summed E-state index contributed by atoms with van der Waals surface area (Å²) in [6.07, 6.45) is 1.27. The third kappa shape index (κ3) is 12.6. The number of nitrogens with one attached hydrogen (secondary N) is 6. The number of carbonyl (C=O) groups excluding carboxylic acids is 6. The number of aliphatic hydroxyl groups excluding tert-OH is 1. The molecule has 0 aliphatic carbocycles. The molecule has 6 amide bonds. The van der Waals surface area contributed by atoms with Gasteiger partial charge in [0, 0.05) is 43.4 Å². The summed E-state index contributed by atoms with van der Waals surface area (Å²) in [7, 11) is 1.42. The fourth-order valence-corrected chi connectivity index (χ4v) is 7.59. The number of aromatic amines is 1. The largest absolute Gasteiger partial charge is 0.508 e. The fraction of sp³-hybridized carbons (Fsp3) is 0.409. The zero-order valence-electron chi connectivity index (χ0n) is 34.3. The zero-order chi connectivity index (χ0) is 44.1. The van der Waals surface area contributed by atoms with Gasteiger partial charge in [-0.1, -0.05) is 60.7 Å². The number of fused-ring (bicyclic) bond motifs is 1. The Hall–Kier alpha value is -5.91. The summed E-state index contributed by atoms with van der Waals surface area (Å²) < 4.78 is 0. The molecule has 0 unspecified atom stereocenters. The van der Waals surface area contributed by atoms with Crippen LogP contribution in [0.25, 0.3) is 10.9 Å². The number of hydrogen-bond donors (Lipinski definition) is 10. The summed E-state index contributed by atoms with van der Waals surface area (Å²) in [5.74, 6) is -4.30. The number of nitrogens with zero attached hydrogens (tertiary/aromatic N) is 1. The van der Waals surface area contributed by atoms with Crippen LogP contribution < -0.4 is 32.3 Å². The van der Waals surface area contributed by atoms with Crippen molar-refractivity contribution in [3.8, 4) is 5.75 Å². The van der Waals surface area contributed by atoms with Gasteiger partial charge < -0.3 is 52.4 Å². The minimum atomic E-state index is -1.55. The smallest absolute Gasteiger partial charge is 0.245 e. The Kier molecular flexibility index (Phi) is 16.7. The first-order chi connectivity index (χ1) is 29.3. The number of aromatic nitrogens is 1. The van der Waals surface area contributed by atoms with Crippen LogP contribution in [0.1, 0.15) is 49.3 Å². The monoisotopic (exact) mass is 856 g/mol. The van der Waals surface area contributed by atoms with Crippen molar-refractivity contribution in [2.75, 3.05) is 19.3 Å². The van der Waals surface area contributed by atoms with E-state index >= 15 is 0 Å². The summed E-state index contributed by atoms with van der Waals surface area (Å²) in [5.41, 5.74) is 8.51. The number of para-hydroxylation sites is 1. The maximum Gasteiger partial charge on any atom is 0.245 e. The number of thiol groups is 1. The van der Waals surface area contributed by atoms with Crippen LogP contribution in [0.15, 0.2) is 85.1 Å². The summed E-state index contributed by atoms with van der Waals surface area (Å²) in [6, 6.07) is 14.6. The molecule has 61 heavy (non-hydrogen) atoms. The third-order valence-corrected chi connectivity index (χ3v) is 11.1. The van der Waals surface area contributed by atoms with Crippen molar-refractivity contribution in [1.82, 2.24) is 36.5 Å². The van der Waals surface area contributed by atoms with E-state index in [1.807, 2.05) is 24.3 Å². The number of nitrogens with two attached hydrogens (primary N) is 1. The van der Waals surface area contributed by atoms with Crippen molar-refractivity contribution in [3.63, 3.8) is 0 Å². The number of benzene rings is 3. The van der Waals surface area contributed by atoms with Gasteiger partial charge in [-0.25, -0.2) is 0 Å². The maximum atomic E-state index is 14.6. The molecule has 16 nitrogen and oxygen atoms in total. The van der Waals surface area contributed by atoms with Crippen molar-refractivity contribution >= 4 is 59.0 Å². The van der Waals surface area contributed by atoms with Gasteiger partial charge in [-0.05, 0) is 79.8 Å². The number of carbonyl (C=O) groups is 6. The first-order valence-corrected chi connectivity index (χ1v) is 21.1. The molecule has 0 saturated carbocycles. The Bertz CT molecular complexity index is 2130. The first-order valence-electron chi connectivity index (χ1n) is 20.4. The minimum absolute atomic E-state index is 0.00634. The summed E-state index contributed by atoms with van der Waals surface area (Å²) in [5, 5.41) is 35.3. The second-order valence-corrected chi connectivity index (χ2v) is 15.8. The quantitative estimate of drug-likeness (QED) is 0.0680. The van der Waals surface area contributed by atoms with E-state index < -0.39 is 77.8 Å². The van der Waals surface area contributed by atoms with E-state index in [1.54, 1.807) is 48.7 Å². The molecule has 2 heterocycles. The number of phenols is 1. The van der Waals surface area contributed by atoms with Crippen molar-refractivity contribution in [1.29, 1.82) is 0 Å². The van der Waals surface area contributed by atoms with Gasteiger partial charge in [0.25, 0.3) is 0 Å². The maximum absolute atomic E-state index is 14.6. The standard InChI is InChI=1S/C44H56N8O8S/c1-26(53)38-43(59)48-34(19-21-61)44(60)52(2)37(23-27-10-4-3-5-11-27)42(58)50-35(22-28-15-17-30(54)18-16-28)40(56)49-36(24-29-25-46-32-13-7-6-12-31(29)32)41(57)47-33(39(55)51-38)14-8-9-20-45/h3-7,10-13,15-18,25-26,33-38,46,53-54,61H,8-9,14,19-24,45H2,1-2H3,(H,47,57)(H,48,59)(H,49,56)(H,50,58)(H,51,55)/t26-,33+,34+,35+,36+,37-,38+/m1/s1. The van der Waals surface area contributed by atoms with E-state index in [0.29, 0.717) is 36.1 Å². The van der Waals surface area contributed by atoms with Crippen LogP contribution >= 0.6 is 12.6 Å². The summed E-state index contributed by atoms with van der Waals surface area (Å²) >= 11 is 4.31. The highest BCUT2D eigenvalue weighted by molar-refractivity contribution is 7.80. The van der Waals surface area contributed by atoms with E-state index in [1.165, 1.54) is 31.0 Å². The van der Waals surface area contributed by atoms with E-state index in [4.69, 9.17) is 5.73 Å². The van der Waals surface area contributed by atoms with Gasteiger partial charge in [-0.2, -0.15) is 12.6 Å². The molecule has 0 radical (unpaired) electrons. The minimum Gasteiger partial charge on any atom is -0.508 e. The number of aliphatic hydroxyl groups is 1. The van der Waals surface area contributed by atoms with Gasteiger partial charge in [0.2, 0.25) is 35.4 Å². The van der Waals surface area contributed by atoms with Gasteiger partial charge in [-0.3, -0.25) is 28.8 Å². The Morgan fingerprint density at radius 2 is 1.26 bits per heavy atom. The fourth-order valence-electron chi connectivity index (χ4n) is 7.33. The SMILES string of the molecule is C[C@@H](O)[C@@H]1NC(=O)[C@H](CCCCN)NC(=O)[C@H](Cc2c[nH]c3ccccc23)NC(=O)[C@H](Cc2ccc(O)cc2)NC(=O)[C@@H](Cc2ccccc2)N(C)C(=O)[C@H](CCS)NC1=O. The molecule has 17 heteroatoms. The Balaban J connectivity index is 1.61. The Morgan fingerprint density at radius 1 is 0.672 bits per heavy atom. The van der Waals surface area contributed by atoms with Crippen LogP contribution in [0.3, 0.4) is 0 Å². The molecule has 4 aromatic rings. The Labute approximate surface area is 360 Å². The van der Waals surface area contributed by atoms with Gasteiger partial charge in [0.1, 0.15) is 42.0 Å².